The average Bonchev–Trinajstić information content (AvgIpc) is 3.22. The fourth-order valence-electron chi connectivity index (χ4n) is 4.21. The second-order valence-corrected chi connectivity index (χ2v) is 8.05. The first-order valence-electron chi connectivity index (χ1n) is 10.4. The van der Waals surface area contributed by atoms with Gasteiger partial charge in [0.1, 0.15) is 6.04 Å². The number of nitrogens with zero attached hydrogens (tertiary/aromatic N) is 2. The zero-order chi connectivity index (χ0) is 20.8. The number of rotatable bonds is 6. The van der Waals surface area contributed by atoms with Crippen LogP contribution in [0.1, 0.15) is 31.2 Å². The van der Waals surface area contributed by atoms with Gasteiger partial charge in [-0.15, -0.1) is 0 Å². The molecule has 2 heterocycles. The molecule has 2 fully saturated rings. The second kappa shape index (κ2) is 9.73. The molecule has 0 radical (unpaired) electrons. The van der Waals surface area contributed by atoms with Crippen molar-refractivity contribution in [3.05, 3.63) is 35.9 Å². The minimum atomic E-state index is -0.637. The van der Waals surface area contributed by atoms with E-state index in [2.05, 4.69) is 5.32 Å². The van der Waals surface area contributed by atoms with Gasteiger partial charge >= 0.3 is 0 Å². The predicted molar refractivity (Wildman–Crippen MR) is 112 cm³/mol. The van der Waals surface area contributed by atoms with Crippen LogP contribution in [0.2, 0.25) is 0 Å². The molecule has 0 aromatic heterocycles. The summed E-state index contributed by atoms with van der Waals surface area (Å²) in [6.45, 7) is 2.67. The predicted octanol–water partition coefficient (Wildman–Crippen LogP) is 0.269. The van der Waals surface area contributed by atoms with Crippen molar-refractivity contribution in [2.75, 3.05) is 26.2 Å². The smallest absolute Gasteiger partial charge is 0.242 e. The maximum atomic E-state index is 12.9. The number of piperidine rings is 1. The van der Waals surface area contributed by atoms with Crippen molar-refractivity contribution in [1.29, 1.82) is 5.41 Å². The van der Waals surface area contributed by atoms with E-state index in [1.807, 2.05) is 35.2 Å². The Balaban J connectivity index is 1.48. The SMILES string of the molecule is N=C(N)N1CCC(CNC(=O)[C@@H]2CCCN2C(=O)[C@H](N)Cc2ccccc2)CC1. The van der Waals surface area contributed by atoms with E-state index in [1.165, 1.54) is 0 Å². The third-order valence-electron chi connectivity index (χ3n) is 5.97. The lowest BCUT2D eigenvalue weighted by Crippen LogP contribution is -2.52. The molecule has 8 nitrogen and oxygen atoms in total. The standard InChI is InChI=1S/C21H32N6O2/c22-17(13-15-5-2-1-3-6-15)20(29)27-10-4-7-18(27)19(28)25-14-16-8-11-26(12-9-16)21(23)24/h1-3,5-6,16-18H,4,7-14,22H2,(H3,23,24)(H,25,28)/t17-,18+/m1/s1. The van der Waals surface area contributed by atoms with Crippen molar-refractivity contribution in [3.63, 3.8) is 0 Å². The van der Waals surface area contributed by atoms with E-state index in [-0.39, 0.29) is 17.8 Å². The van der Waals surface area contributed by atoms with Gasteiger partial charge in [-0.25, -0.2) is 0 Å². The Morgan fingerprint density at radius 1 is 1.14 bits per heavy atom. The van der Waals surface area contributed by atoms with Gasteiger partial charge in [-0.1, -0.05) is 30.3 Å². The minimum Gasteiger partial charge on any atom is -0.370 e. The monoisotopic (exact) mass is 400 g/mol. The summed E-state index contributed by atoms with van der Waals surface area (Å²) < 4.78 is 0. The molecule has 29 heavy (non-hydrogen) atoms. The van der Waals surface area contributed by atoms with Gasteiger partial charge in [-0.2, -0.15) is 0 Å². The Bertz CT molecular complexity index is 717. The Hall–Kier alpha value is -2.61. The first-order valence-corrected chi connectivity index (χ1v) is 10.4. The fourth-order valence-corrected chi connectivity index (χ4v) is 4.21. The average molecular weight is 401 g/mol. The van der Waals surface area contributed by atoms with Crippen LogP contribution in [0.15, 0.2) is 30.3 Å². The highest BCUT2D eigenvalue weighted by molar-refractivity contribution is 5.90. The van der Waals surface area contributed by atoms with E-state index >= 15 is 0 Å². The summed E-state index contributed by atoms with van der Waals surface area (Å²) in [4.78, 5) is 29.1. The number of nitrogens with one attached hydrogen (secondary N) is 2. The van der Waals surface area contributed by atoms with Crippen molar-refractivity contribution >= 4 is 17.8 Å². The number of carbonyl (C=O) groups excluding carboxylic acids is 2. The number of guanidine groups is 1. The van der Waals surface area contributed by atoms with Gasteiger partial charge in [0.25, 0.3) is 0 Å². The maximum absolute atomic E-state index is 12.9. The normalized spacial score (nSPS) is 21.1. The molecule has 2 atom stereocenters. The molecule has 2 aliphatic heterocycles. The highest BCUT2D eigenvalue weighted by Crippen LogP contribution is 2.20. The maximum Gasteiger partial charge on any atom is 0.242 e. The highest BCUT2D eigenvalue weighted by atomic mass is 16.2. The van der Waals surface area contributed by atoms with E-state index in [9.17, 15) is 9.59 Å². The van der Waals surface area contributed by atoms with Crippen molar-refractivity contribution in [3.8, 4) is 0 Å². The van der Waals surface area contributed by atoms with Gasteiger partial charge < -0.3 is 26.6 Å². The van der Waals surface area contributed by atoms with Crippen molar-refractivity contribution in [1.82, 2.24) is 15.1 Å². The zero-order valence-electron chi connectivity index (χ0n) is 16.8. The number of hydrogen-bond acceptors (Lipinski definition) is 4. The minimum absolute atomic E-state index is 0.0863. The molecule has 8 heteroatoms. The highest BCUT2D eigenvalue weighted by Gasteiger charge is 2.36. The summed E-state index contributed by atoms with van der Waals surface area (Å²) in [5.74, 6) is 0.248. The molecule has 1 aromatic rings. The van der Waals surface area contributed by atoms with Gasteiger partial charge in [-0.3, -0.25) is 15.0 Å². The Labute approximate surface area is 172 Å². The van der Waals surface area contributed by atoms with Crippen LogP contribution in [0.25, 0.3) is 0 Å². The van der Waals surface area contributed by atoms with E-state index < -0.39 is 12.1 Å². The van der Waals surface area contributed by atoms with Gasteiger partial charge in [0, 0.05) is 26.2 Å². The molecule has 158 valence electrons. The lowest BCUT2D eigenvalue weighted by atomic mass is 9.97. The number of carbonyl (C=O) groups is 2. The first kappa shape index (κ1) is 21.1. The van der Waals surface area contributed by atoms with E-state index in [0.717, 1.165) is 37.9 Å². The zero-order valence-corrected chi connectivity index (χ0v) is 16.8. The molecule has 0 spiro atoms. The summed E-state index contributed by atoms with van der Waals surface area (Å²) in [6.07, 6.45) is 3.76. The summed E-state index contributed by atoms with van der Waals surface area (Å²) in [5, 5.41) is 10.5. The molecular formula is C21H32N6O2. The molecule has 6 N–H and O–H groups in total. The Morgan fingerprint density at radius 3 is 2.48 bits per heavy atom. The van der Waals surface area contributed by atoms with Gasteiger partial charge in [0.2, 0.25) is 11.8 Å². The third kappa shape index (κ3) is 5.47. The van der Waals surface area contributed by atoms with Crippen molar-refractivity contribution in [2.45, 2.75) is 44.2 Å². The van der Waals surface area contributed by atoms with E-state index in [1.54, 1.807) is 4.90 Å². The van der Waals surface area contributed by atoms with Crippen LogP contribution in [0.4, 0.5) is 0 Å². The van der Waals surface area contributed by atoms with Gasteiger partial charge in [0.05, 0.1) is 6.04 Å². The summed E-state index contributed by atoms with van der Waals surface area (Å²) in [6, 6.07) is 8.64. The molecule has 2 saturated heterocycles. The number of nitrogens with two attached hydrogens (primary N) is 2. The van der Waals surface area contributed by atoms with Crippen LogP contribution in [0.3, 0.4) is 0 Å². The lowest BCUT2D eigenvalue weighted by molar-refractivity contribution is -0.139. The number of hydrogen-bond donors (Lipinski definition) is 4. The second-order valence-electron chi connectivity index (χ2n) is 8.05. The molecule has 3 rings (SSSR count). The molecule has 0 bridgehead atoms. The molecule has 0 unspecified atom stereocenters. The van der Waals surface area contributed by atoms with Crippen LogP contribution in [0, 0.1) is 11.3 Å². The largest absolute Gasteiger partial charge is 0.370 e. The number of benzene rings is 1. The topological polar surface area (TPSA) is 129 Å². The van der Waals surface area contributed by atoms with Crippen molar-refractivity contribution < 1.29 is 9.59 Å². The molecule has 2 amide bonds. The van der Waals surface area contributed by atoms with Gasteiger partial charge in [0.15, 0.2) is 5.96 Å². The van der Waals surface area contributed by atoms with Crippen LogP contribution in [-0.2, 0) is 16.0 Å². The lowest BCUT2D eigenvalue weighted by Gasteiger charge is -2.32. The quantitative estimate of drug-likeness (QED) is 0.402. The Kier molecular flexibility index (Phi) is 7.09. The molecule has 0 aliphatic carbocycles. The Morgan fingerprint density at radius 2 is 1.83 bits per heavy atom. The van der Waals surface area contributed by atoms with Crippen LogP contribution >= 0.6 is 0 Å². The molecule has 0 saturated carbocycles. The van der Waals surface area contributed by atoms with E-state index in [4.69, 9.17) is 16.9 Å². The van der Waals surface area contributed by atoms with Crippen LogP contribution in [0.5, 0.6) is 0 Å². The van der Waals surface area contributed by atoms with Crippen LogP contribution < -0.4 is 16.8 Å². The molecule has 2 aliphatic rings. The number of likely N-dealkylation sites (tertiary alicyclic amines) is 2. The summed E-state index contributed by atoms with van der Waals surface area (Å²) in [5.41, 5.74) is 12.7. The molecular weight excluding hydrogens is 368 g/mol. The van der Waals surface area contributed by atoms with Crippen LogP contribution in [-0.4, -0.2) is 65.8 Å². The van der Waals surface area contributed by atoms with Gasteiger partial charge in [-0.05, 0) is 43.6 Å². The fraction of sp³-hybridized carbons (Fsp3) is 0.571. The summed E-state index contributed by atoms with van der Waals surface area (Å²) >= 11 is 0. The van der Waals surface area contributed by atoms with Crippen molar-refractivity contribution in [2.24, 2.45) is 17.4 Å². The first-order chi connectivity index (χ1) is 14.0. The summed E-state index contributed by atoms with van der Waals surface area (Å²) in [7, 11) is 0. The third-order valence-corrected chi connectivity index (χ3v) is 5.97. The molecule has 1 aromatic carbocycles. The number of amides is 2. The van der Waals surface area contributed by atoms with E-state index in [0.29, 0.717) is 31.8 Å².